The monoisotopic (exact) mass is 753 g/mol. The Morgan fingerprint density at radius 3 is 2.19 bits per heavy atom. The highest BCUT2D eigenvalue weighted by atomic mass is 35.5. The maximum absolute atomic E-state index is 13.6. The fourth-order valence-corrected chi connectivity index (χ4v) is 9.48. The van der Waals surface area contributed by atoms with E-state index in [1.165, 1.54) is 38.2 Å². The Balaban J connectivity index is 1.17. The van der Waals surface area contributed by atoms with Gasteiger partial charge in [0.05, 0.1) is 22.9 Å². The molecule has 1 saturated carbocycles. The number of halogens is 2. The summed E-state index contributed by atoms with van der Waals surface area (Å²) in [6, 6.07) is 29.1. The molecular weight excluding hydrogens is 713 g/mol. The molecule has 1 amide bonds. The zero-order valence-corrected chi connectivity index (χ0v) is 31.8. The second kappa shape index (κ2) is 14.6. The number of carbonyl (C=O) groups is 1. The molecule has 268 valence electrons. The summed E-state index contributed by atoms with van der Waals surface area (Å²) in [6.45, 7) is 5.89. The van der Waals surface area contributed by atoms with E-state index < -0.39 is 21.5 Å². The van der Waals surface area contributed by atoms with Crippen molar-refractivity contribution in [3.63, 3.8) is 0 Å². The molecule has 4 aromatic carbocycles. The van der Waals surface area contributed by atoms with Crippen LogP contribution in [0.1, 0.15) is 69.8 Å². The summed E-state index contributed by atoms with van der Waals surface area (Å²) in [5.74, 6) is 1.73. The highest BCUT2D eigenvalue weighted by Gasteiger charge is 2.44. The topological polar surface area (TPSA) is 81.5 Å². The molecule has 7 nitrogen and oxygen atoms in total. The third-order valence-corrected chi connectivity index (χ3v) is 12.4. The third-order valence-electron chi connectivity index (χ3n) is 9.69. The lowest BCUT2D eigenvalue weighted by molar-refractivity contribution is -0.123. The number of nitrogens with zero attached hydrogens (tertiary/aromatic N) is 3. The molecule has 1 aliphatic carbocycles. The molecule has 7 rings (SSSR count). The molecule has 1 aromatic heterocycles. The van der Waals surface area contributed by atoms with Gasteiger partial charge in [0.15, 0.2) is 0 Å². The fraction of sp³-hybridized carbons (Fsp3) is 0.286. The van der Waals surface area contributed by atoms with Gasteiger partial charge in [0, 0.05) is 35.0 Å². The third kappa shape index (κ3) is 7.56. The standard InChI is InChI=1S/C42H41Cl2N3O4S/c1-42(2,3)47-41(48)25-39(52(47,49)50)32-10-7-11-34(23-32)46-26-38(36-21-18-33(43)24-37(36)44)45-40(46)22-28-12-14-30(15-13-28)31-16-19-35(20-17-31)51-27-29-8-5-4-6-9-29/h7,10-21,23-26,29H,4-6,8-9,22,27H2,1-3H3. The van der Waals surface area contributed by atoms with E-state index in [0.29, 0.717) is 39.3 Å². The maximum atomic E-state index is 13.6. The van der Waals surface area contributed by atoms with Crippen LogP contribution < -0.4 is 4.74 Å². The van der Waals surface area contributed by atoms with Crippen molar-refractivity contribution >= 4 is 44.0 Å². The van der Waals surface area contributed by atoms with E-state index in [9.17, 15) is 13.2 Å². The molecule has 0 spiro atoms. The predicted octanol–water partition coefficient (Wildman–Crippen LogP) is 10.4. The minimum absolute atomic E-state index is 0.0312. The van der Waals surface area contributed by atoms with Crippen LogP contribution >= 0.6 is 23.2 Å². The predicted molar refractivity (Wildman–Crippen MR) is 209 cm³/mol. The lowest BCUT2D eigenvalue weighted by Gasteiger charge is -2.30. The molecule has 10 heteroatoms. The first-order valence-corrected chi connectivity index (χ1v) is 19.8. The molecule has 52 heavy (non-hydrogen) atoms. The molecule has 0 saturated heterocycles. The van der Waals surface area contributed by atoms with Crippen LogP contribution in [0.4, 0.5) is 0 Å². The van der Waals surface area contributed by atoms with Crippen molar-refractivity contribution in [1.82, 2.24) is 13.9 Å². The van der Waals surface area contributed by atoms with Crippen LogP contribution in [0.3, 0.4) is 0 Å². The maximum Gasteiger partial charge on any atom is 0.268 e. The van der Waals surface area contributed by atoms with Crippen molar-refractivity contribution in [2.45, 2.75) is 64.8 Å². The van der Waals surface area contributed by atoms with E-state index >= 15 is 0 Å². The number of ether oxygens (including phenoxy) is 1. The van der Waals surface area contributed by atoms with Crippen LogP contribution in [0.5, 0.6) is 5.75 Å². The Morgan fingerprint density at radius 1 is 0.846 bits per heavy atom. The zero-order valence-electron chi connectivity index (χ0n) is 29.5. The molecule has 0 bridgehead atoms. The van der Waals surface area contributed by atoms with Gasteiger partial charge in [-0.25, -0.2) is 17.7 Å². The minimum Gasteiger partial charge on any atom is -0.493 e. The fourth-order valence-electron chi connectivity index (χ4n) is 7.10. The minimum atomic E-state index is -4.05. The number of hydrogen-bond donors (Lipinski definition) is 0. The van der Waals surface area contributed by atoms with Gasteiger partial charge in [-0.3, -0.25) is 4.79 Å². The van der Waals surface area contributed by atoms with Crippen molar-refractivity contribution in [3.8, 4) is 33.8 Å². The zero-order chi connectivity index (χ0) is 36.6. The Kier molecular flexibility index (Phi) is 10.1. The van der Waals surface area contributed by atoms with Gasteiger partial charge in [-0.1, -0.05) is 91.0 Å². The van der Waals surface area contributed by atoms with Crippen LogP contribution in [0, 0.1) is 5.92 Å². The summed E-state index contributed by atoms with van der Waals surface area (Å²) < 4.78 is 36.2. The van der Waals surface area contributed by atoms with Crippen LogP contribution in [0.25, 0.3) is 33.0 Å². The molecule has 2 aliphatic rings. The average molecular weight is 755 g/mol. The number of sulfonamides is 1. The largest absolute Gasteiger partial charge is 0.493 e. The Bertz CT molecular complexity index is 2250. The van der Waals surface area contributed by atoms with Gasteiger partial charge in [-0.15, -0.1) is 0 Å². The number of benzene rings is 4. The highest BCUT2D eigenvalue weighted by molar-refractivity contribution is 7.99. The summed E-state index contributed by atoms with van der Waals surface area (Å²) in [7, 11) is -4.05. The molecule has 5 aromatic rings. The van der Waals surface area contributed by atoms with E-state index in [0.717, 1.165) is 44.7 Å². The molecule has 1 aliphatic heterocycles. The van der Waals surface area contributed by atoms with Gasteiger partial charge in [0.1, 0.15) is 16.5 Å². The van der Waals surface area contributed by atoms with Crippen molar-refractivity contribution in [3.05, 3.63) is 130 Å². The number of imidazole rings is 1. The number of aromatic nitrogens is 2. The number of rotatable bonds is 9. The smallest absolute Gasteiger partial charge is 0.268 e. The van der Waals surface area contributed by atoms with Gasteiger partial charge in [-0.05, 0) is 104 Å². The van der Waals surface area contributed by atoms with Gasteiger partial charge in [0.2, 0.25) is 0 Å². The molecule has 2 heterocycles. The van der Waals surface area contributed by atoms with Gasteiger partial charge in [0.25, 0.3) is 15.9 Å². The quantitative estimate of drug-likeness (QED) is 0.150. The first-order chi connectivity index (χ1) is 24.9. The molecule has 0 atom stereocenters. The highest BCUT2D eigenvalue weighted by Crippen LogP contribution is 2.37. The summed E-state index contributed by atoms with van der Waals surface area (Å²) >= 11 is 12.8. The molecular formula is C42H41Cl2N3O4S. The summed E-state index contributed by atoms with van der Waals surface area (Å²) in [5, 5.41) is 0.989. The number of carbonyl (C=O) groups excluding carboxylic acids is 1. The normalized spacial score (nSPS) is 16.3. The van der Waals surface area contributed by atoms with E-state index in [2.05, 4.69) is 36.4 Å². The van der Waals surface area contributed by atoms with Crippen LogP contribution in [0.2, 0.25) is 10.0 Å². The van der Waals surface area contributed by atoms with Crippen molar-refractivity contribution in [2.75, 3.05) is 6.61 Å². The SMILES string of the molecule is CC(C)(C)N1C(=O)C=C(c2cccc(-n3cc(-c4ccc(Cl)cc4Cl)nc3Cc3ccc(-c4ccc(OCC5CCCCC5)cc4)cc3)c2)S1(=O)=O. The Labute approximate surface area is 315 Å². The van der Waals surface area contributed by atoms with Crippen LogP contribution in [0.15, 0.2) is 103 Å². The molecule has 1 fully saturated rings. The molecule has 0 radical (unpaired) electrons. The summed E-state index contributed by atoms with van der Waals surface area (Å²) in [5.41, 5.74) is 4.81. The van der Waals surface area contributed by atoms with Crippen LogP contribution in [-0.2, 0) is 21.2 Å². The Morgan fingerprint density at radius 2 is 1.54 bits per heavy atom. The van der Waals surface area contributed by atoms with Crippen LogP contribution in [-0.4, -0.2) is 40.3 Å². The first kappa shape index (κ1) is 36.0. The lowest BCUT2D eigenvalue weighted by atomic mass is 9.90. The van der Waals surface area contributed by atoms with Gasteiger partial charge >= 0.3 is 0 Å². The molecule has 0 N–H and O–H groups in total. The van der Waals surface area contributed by atoms with E-state index in [1.54, 1.807) is 51.1 Å². The average Bonchev–Trinajstić information content (AvgIpc) is 3.64. The van der Waals surface area contributed by atoms with Crippen molar-refractivity contribution in [2.24, 2.45) is 5.92 Å². The second-order valence-corrected chi connectivity index (χ2v) is 17.2. The Hall–Kier alpha value is -4.37. The second-order valence-electron chi connectivity index (χ2n) is 14.6. The first-order valence-electron chi connectivity index (χ1n) is 17.6. The number of hydrogen-bond acceptors (Lipinski definition) is 5. The van der Waals surface area contributed by atoms with Gasteiger partial charge in [-0.2, -0.15) is 0 Å². The van der Waals surface area contributed by atoms with Crippen molar-refractivity contribution < 1.29 is 17.9 Å². The summed E-state index contributed by atoms with van der Waals surface area (Å²) in [4.78, 5) is 17.9. The lowest BCUT2D eigenvalue weighted by Crippen LogP contribution is -2.45. The van der Waals surface area contributed by atoms with E-state index in [4.69, 9.17) is 32.9 Å². The van der Waals surface area contributed by atoms with Gasteiger partial charge < -0.3 is 9.30 Å². The van der Waals surface area contributed by atoms with E-state index in [-0.39, 0.29) is 4.91 Å². The number of amides is 1. The molecule has 0 unspecified atom stereocenters. The summed E-state index contributed by atoms with van der Waals surface area (Å²) in [6.07, 6.45) is 10.0. The van der Waals surface area contributed by atoms with E-state index in [1.807, 2.05) is 35.0 Å². The van der Waals surface area contributed by atoms with Crippen molar-refractivity contribution in [1.29, 1.82) is 0 Å².